The van der Waals surface area contributed by atoms with E-state index >= 15 is 0 Å². The summed E-state index contributed by atoms with van der Waals surface area (Å²) in [6.07, 6.45) is 7.82. The zero-order valence-electron chi connectivity index (χ0n) is 16.6. The van der Waals surface area contributed by atoms with Crippen molar-refractivity contribution in [3.8, 4) is 11.5 Å². The summed E-state index contributed by atoms with van der Waals surface area (Å²) >= 11 is 0. The minimum Gasteiger partial charge on any atom is -0.493 e. The molecule has 0 amide bonds. The lowest BCUT2D eigenvalue weighted by Gasteiger charge is -2.13. The molecule has 0 saturated carbocycles. The van der Waals surface area contributed by atoms with Crippen LogP contribution in [0.3, 0.4) is 0 Å². The summed E-state index contributed by atoms with van der Waals surface area (Å²) in [7, 11) is 1.62. The van der Waals surface area contributed by atoms with Crippen LogP contribution in [0.25, 0.3) is 0 Å². The number of rotatable bonds is 13. The average Bonchev–Trinajstić information content (AvgIpc) is 2.69. The molecule has 2 aromatic carbocycles. The summed E-state index contributed by atoms with van der Waals surface area (Å²) in [6, 6.07) is 12.5. The van der Waals surface area contributed by atoms with E-state index in [1.807, 2.05) is 18.2 Å². The summed E-state index contributed by atoms with van der Waals surface area (Å²) < 4.78 is 24.9. The third-order valence-corrected chi connectivity index (χ3v) is 4.61. The van der Waals surface area contributed by atoms with Gasteiger partial charge in [-0.25, -0.2) is 4.39 Å². The van der Waals surface area contributed by atoms with Crippen LogP contribution in [0, 0.1) is 5.82 Å². The van der Waals surface area contributed by atoms with Gasteiger partial charge in [0.25, 0.3) is 0 Å². The van der Waals surface area contributed by atoms with Gasteiger partial charge in [0.15, 0.2) is 11.5 Å². The largest absolute Gasteiger partial charge is 0.493 e. The molecule has 27 heavy (non-hydrogen) atoms. The van der Waals surface area contributed by atoms with Crippen LogP contribution in [0.15, 0.2) is 42.5 Å². The highest BCUT2D eigenvalue weighted by molar-refractivity contribution is 5.43. The van der Waals surface area contributed by atoms with E-state index < -0.39 is 0 Å². The van der Waals surface area contributed by atoms with E-state index in [4.69, 9.17) is 9.47 Å². The van der Waals surface area contributed by atoms with Gasteiger partial charge in [0.2, 0.25) is 0 Å². The van der Waals surface area contributed by atoms with Crippen molar-refractivity contribution in [2.45, 2.75) is 58.6 Å². The van der Waals surface area contributed by atoms with Crippen molar-refractivity contribution in [3.05, 3.63) is 59.4 Å². The maximum absolute atomic E-state index is 13.7. The average molecular weight is 374 g/mol. The monoisotopic (exact) mass is 373 g/mol. The van der Waals surface area contributed by atoms with Crippen molar-refractivity contribution >= 4 is 0 Å². The van der Waals surface area contributed by atoms with Crippen molar-refractivity contribution in [3.63, 3.8) is 0 Å². The van der Waals surface area contributed by atoms with Crippen molar-refractivity contribution in [2.24, 2.45) is 0 Å². The number of unbranched alkanes of at least 4 members (excludes halogenated alkanes) is 5. The molecule has 4 heteroatoms. The Kier molecular flexibility index (Phi) is 9.70. The quantitative estimate of drug-likeness (QED) is 0.446. The van der Waals surface area contributed by atoms with Gasteiger partial charge in [0.1, 0.15) is 12.4 Å². The lowest BCUT2D eigenvalue weighted by molar-refractivity contribution is 0.279. The fourth-order valence-corrected chi connectivity index (χ4v) is 2.98. The number of benzene rings is 2. The van der Waals surface area contributed by atoms with Gasteiger partial charge in [0, 0.05) is 12.1 Å². The van der Waals surface area contributed by atoms with Gasteiger partial charge in [0.05, 0.1) is 7.11 Å². The van der Waals surface area contributed by atoms with E-state index in [0.717, 1.165) is 18.7 Å². The Morgan fingerprint density at radius 1 is 0.926 bits per heavy atom. The summed E-state index contributed by atoms with van der Waals surface area (Å²) in [5.41, 5.74) is 1.68. The van der Waals surface area contributed by atoms with Crippen LogP contribution >= 0.6 is 0 Å². The van der Waals surface area contributed by atoms with Gasteiger partial charge in [-0.1, -0.05) is 63.3 Å². The molecule has 0 radical (unpaired) electrons. The Bertz CT molecular complexity index is 675. The minimum absolute atomic E-state index is 0.179. The van der Waals surface area contributed by atoms with E-state index in [1.54, 1.807) is 25.3 Å². The Balaban J connectivity index is 1.77. The summed E-state index contributed by atoms with van der Waals surface area (Å²) in [4.78, 5) is 0. The molecular weight excluding hydrogens is 341 g/mol. The number of methoxy groups -OCH3 is 1. The Morgan fingerprint density at radius 3 is 2.48 bits per heavy atom. The fourth-order valence-electron chi connectivity index (χ4n) is 2.98. The molecule has 0 aliphatic carbocycles. The zero-order valence-corrected chi connectivity index (χ0v) is 16.6. The SMILES string of the molecule is CCCCCCCCNCc1ccc(OCc2ccccc2F)c(OC)c1. The smallest absolute Gasteiger partial charge is 0.161 e. The van der Waals surface area contributed by atoms with Gasteiger partial charge in [-0.2, -0.15) is 0 Å². The molecule has 0 saturated heterocycles. The molecule has 0 aliphatic rings. The van der Waals surface area contributed by atoms with Crippen molar-refractivity contribution in [2.75, 3.05) is 13.7 Å². The van der Waals surface area contributed by atoms with Gasteiger partial charge < -0.3 is 14.8 Å². The van der Waals surface area contributed by atoms with Crippen LogP contribution < -0.4 is 14.8 Å². The predicted octanol–water partition coefficient (Wildman–Crippen LogP) is 5.86. The van der Waals surface area contributed by atoms with Gasteiger partial charge in [-0.3, -0.25) is 0 Å². The number of nitrogens with one attached hydrogen (secondary N) is 1. The molecule has 0 fully saturated rings. The van der Waals surface area contributed by atoms with Crippen molar-refractivity contribution in [1.82, 2.24) is 5.32 Å². The molecule has 2 rings (SSSR count). The van der Waals surface area contributed by atoms with Crippen LogP contribution in [0.5, 0.6) is 11.5 Å². The van der Waals surface area contributed by atoms with Gasteiger partial charge in [-0.15, -0.1) is 0 Å². The highest BCUT2D eigenvalue weighted by atomic mass is 19.1. The van der Waals surface area contributed by atoms with E-state index in [9.17, 15) is 4.39 Å². The van der Waals surface area contributed by atoms with Gasteiger partial charge >= 0.3 is 0 Å². The third-order valence-electron chi connectivity index (χ3n) is 4.61. The maximum atomic E-state index is 13.7. The first kappa shape index (κ1) is 21.2. The molecular formula is C23H32FNO2. The first-order valence-corrected chi connectivity index (χ1v) is 9.98. The Labute approximate surface area is 162 Å². The summed E-state index contributed by atoms with van der Waals surface area (Å²) in [6.45, 7) is 4.25. The molecule has 0 spiro atoms. The van der Waals surface area contributed by atoms with Crippen molar-refractivity contribution in [1.29, 1.82) is 0 Å². The molecule has 148 valence electrons. The second-order valence-corrected chi connectivity index (χ2v) is 6.81. The fraction of sp³-hybridized carbons (Fsp3) is 0.478. The maximum Gasteiger partial charge on any atom is 0.161 e. The second kappa shape index (κ2) is 12.3. The molecule has 0 bridgehead atoms. The minimum atomic E-state index is -0.257. The van der Waals surface area contributed by atoms with Crippen LogP contribution in [0.4, 0.5) is 4.39 Å². The first-order chi connectivity index (χ1) is 13.2. The van der Waals surface area contributed by atoms with Crippen LogP contribution in [0.2, 0.25) is 0 Å². The zero-order chi connectivity index (χ0) is 19.3. The molecule has 0 heterocycles. The highest BCUT2D eigenvalue weighted by Crippen LogP contribution is 2.29. The number of hydrogen-bond donors (Lipinski definition) is 1. The summed E-state index contributed by atoms with van der Waals surface area (Å²) in [5, 5.41) is 3.48. The first-order valence-electron chi connectivity index (χ1n) is 9.98. The predicted molar refractivity (Wildman–Crippen MR) is 109 cm³/mol. The normalized spacial score (nSPS) is 10.8. The molecule has 0 aliphatic heterocycles. The van der Waals surface area contributed by atoms with E-state index in [0.29, 0.717) is 17.1 Å². The van der Waals surface area contributed by atoms with E-state index in [-0.39, 0.29) is 12.4 Å². The second-order valence-electron chi connectivity index (χ2n) is 6.81. The molecule has 1 N–H and O–H groups in total. The molecule has 0 aromatic heterocycles. The Hall–Kier alpha value is -2.07. The molecule has 0 unspecified atom stereocenters. The number of hydrogen-bond acceptors (Lipinski definition) is 3. The third kappa shape index (κ3) is 7.59. The van der Waals surface area contributed by atoms with E-state index in [1.165, 1.54) is 44.6 Å². The lowest BCUT2D eigenvalue weighted by atomic mass is 10.1. The summed E-state index contributed by atoms with van der Waals surface area (Å²) in [5.74, 6) is 1.04. The van der Waals surface area contributed by atoms with Gasteiger partial charge in [-0.05, 0) is 36.7 Å². The Morgan fingerprint density at radius 2 is 1.70 bits per heavy atom. The van der Waals surface area contributed by atoms with Crippen molar-refractivity contribution < 1.29 is 13.9 Å². The van der Waals surface area contributed by atoms with Crippen LogP contribution in [-0.2, 0) is 13.2 Å². The van der Waals surface area contributed by atoms with Crippen LogP contribution in [-0.4, -0.2) is 13.7 Å². The highest BCUT2D eigenvalue weighted by Gasteiger charge is 2.08. The molecule has 3 nitrogen and oxygen atoms in total. The molecule has 2 aromatic rings. The standard InChI is InChI=1S/C23H32FNO2/c1-3-4-5-6-7-10-15-25-17-19-13-14-22(23(16-19)26-2)27-18-20-11-8-9-12-21(20)24/h8-9,11-14,16,25H,3-7,10,15,17-18H2,1-2H3. The topological polar surface area (TPSA) is 30.5 Å². The van der Waals surface area contributed by atoms with Crippen LogP contribution in [0.1, 0.15) is 56.6 Å². The van der Waals surface area contributed by atoms with E-state index in [2.05, 4.69) is 12.2 Å². The lowest BCUT2D eigenvalue weighted by Crippen LogP contribution is -2.14. The number of halogens is 1. The molecule has 0 atom stereocenters. The number of ether oxygens (including phenoxy) is 2.